The molecule has 0 N–H and O–H groups in total. The van der Waals surface area contributed by atoms with Crippen LogP contribution in [0, 0.1) is 0 Å². The smallest absolute Gasteiger partial charge is 0.103 e. The Balaban J connectivity index is 1.44. The molecule has 0 aromatic carbocycles. The molecule has 0 spiro atoms. The van der Waals surface area contributed by atoms with E-state index >= 15 is 0 Å². The van der Waals surface area contributed by atoms with E-state index in [-0.39, 0.29) is 0 Å². The Labute approximate surface area is 282 Å². The van der Waals surface area contributed by atoms with Crippen molar-refractivity contribution >= 4 is 54.5 Å². The van der Waals surface area contributed by atoms with Crippen molar-refractivity contribution in [2.75, 3.05) is 0 Å². The van der Waals surface area contributed by atoms with Gasteiger partial charge in [-0.1, -0.05) is 129 Å². The van der Waals surface area contributed by atoms with E-state index in [1.54, 1.807) is 22.7 Å². The van der Waals surface area contributed by atoms with Crippen molar-refractivity contribution < 1.29 is 0 Å². The van der Waals surface area contributed by atoms with E-state index in [2.05, 4.69) is 70.0 Å². The number of unbranched alkanes of at least 4 members (excludes halogenated alkanes) is 18. The summed E-state index contributed by atoms with van der Waals surface area (Å²) in [6.07, 6.45) is 29.7. The second-order valence-corrected chi connectivity index (χ2v) is 16.8. The van der Waals surface area contributed by atoms with Gasteiger partial charge in [0, 0.05) is 0 Å². The van der Waals surface area contributed by atoms with Gasteiger partial charge in [0.25, 0.3) is 0 Å². The van der Waals surface area contributed by atoms with Gasteiger partial charge in [-0.2, -0.15) is 0 Å². The van der Waals surface area contributed by atoms with Crippen LogP contribution in [0.4, 0.5) is 0 Å². The molecule has 0 saturated heterocycles. The van der Waals surface area contributed by atoms with Crippen LogP contribution in [0.15, 0.2) is 31.8 Å². The van der Waals surface area contributed by atoms with Gasteiger partial charge in [0.15, 0.2) is 0 Å². The molecule has 3 aromatic heterocycles. The Kier molecular flexibility index (Phi) is 18.8. The predicted octanol–water partition coefficient (Wildman–Crippen LogP) is 14.4. The lowest BCUT2D eigenvalue weighted by Crippen LogP contribution is -1.93. The molecular weight excluding hydrogens is 684 g/mol. The van der Waals surface area contributed by atoms with E-state index in [4.69, 9.17) is 10.2 Å². The minimum absolute atomic E-state index is 1.00. The number of nitrogens with zero attached hydrogens (tertiary/aromatic N) is 2. The van der Waals surface area contributed by atoms with Crippen molar-refractivity contribution in [3.05, 3.63) is 43.0 Å². The molecule has 3 heterocycles. The molecule has 0 amide bonds. The first-order valence-corrected chi connectivity index (χ1v) is 20.2. The van der Waals surface area contributed by atoms with Gasteiger partial charge in [-0.3, -0.25) is 0 Å². The molecule has 42 heavy (non-hydrogen) atoms. The third-order valence-corrected chi connectivity index (χ3v) is 11.7. The molecule has 0 saturated carbocycles. The maximum atomic E-state index is 4.74. The van der Waals surface area contributed by atoms with Crippen molar-refractivity contribution in [2.45, 2.75) is 155 Å². The number of halogens is 2. The first-order chi connectivity index (χ1) is 20.6. The summed E-state index contributed by atoms with van der Waals surface area (Å²) >= 11 is 11.1. The van der Waals surface area contributed by atoms with Gasteiger partial charge in [-0.15, -0.1) is 32.9 Å². The molecule has 0 fully saturated rings. The number of aromatic nitrogens is 2. The van der Waals surface area contributed by atoms with Gasteiger partial charge >= 0.3 is 0 Å². The maximum Gasteiger partial charge on any atom is 0.103 e. The van der Waals surface area contributed by atoms with E-state index in [1.165, 1.54) is 157 Å². The molecule has 0 unspecified atom stereocenters. The molecule has 3 aromatic rings. The number of hydrogen-bond acceptors (Lipinski definition) is 4. The third kappa shape index (κ3) is 13.6. The quantitative estimate of drug-likeness (QED) is 0.0855. The summed E-state index contributed by atoms with van der Waals surface area (Å²) in [6, 6.07) is 8.95. The molecular formula is C36H54Br2N2S2. The Morgan fingerprint density at radius 1 is 0.476 bits per heavy atom. The van der Waals surface area contributed by atoms with E-state index < -0.39 is 0 Å². The van der Waals surface area contributed by atoms with Crippen LogP contribution in [0.25, 0.3) is 21.1 Å². The normalized spacial score (nSPS) is 11.5. The summed E-state index contributed by atoms with van der Waals surface area (Å²) in [6.45, 7) is 4.58. The lowest BCUT2D eigenvalue weighted by Gasteiger charge is -2.06. The standard InChI is InChI=1S/C36H54Br2N2S2/c1-3-5-7-9-11-13-15-17-19-21-23-29-27-33(37)41-35(29)31-25-26-32(40-39-31)36-30(28-34(38)42-36)24-22-20-18-16-14-12-10-8-6-4-2/h25-28H,3-24H2,1-2H3. The van der Waals surface area contributed by atoms with Crippen LogP contribution in [0.2, 0.25) is 0 Å². The fraction of sp³-hybridized carbons (Fsp3) is 0.667. The van der Waals surface area contributed by atoms with Gasteiger partial charge in [-0.05, 0) is 92.9 Å². The van der Waals surface area contributed by atoms with Crippen LogP contribution in [0.5, 0.6) is 0 Å². The molecule has 0 atom stereocenters. The summed E-state index contributed by atoms with van der Waals surface area (Å²) in [4.78, 5) is 2.55. The second kappa shape index (κ2) is 22.0. The van der Waals surface area contributed by atoms with Gasteiger partial charge in [-0.25, -0.2) is 0 Å². The van der Waals surface area contributed by atoms with Crippen molar-refractivity contribution in [3.63, 3.8) is 0 Å². The Morgan fingerprint density at radius 2 is 0.786 bits per heavy atom. The predicted molar refractivity (Wildman–Crippen MR) is 195 cm³/mol. The SMILES string of the molecule is CCCCCCCCCCCCc1cc(Br)sc1-c1ccc(-c2sc(Br)cc2CCCCCCCCCCCC)nn1. The zero-order valence-corrected chi connectivity index (χ0v) is 31.1. The summed E-state index contributed by atoms with van der Waals surface area (Å²) < 4.78 is 2.37. The Hall–Kier alpha value is -0.560. The largest absolute Gasteiger partial charge is 0.149 e. The molecule has 0 aliphatic carbocycles. The second-order valence-electron chi connectivity index (χ2n) is 12.0. The van der Waals surface area contributed by atoms with E-state index in [0.717, 1.165) is 24.2 Å². The van der Waals surface area contributed by atoms with Crippen molar-refractivity contribution in [3.8, 4) is 21.1 Å². The first kappa shape index (κ1) is 35.9. The molecule has 0 aliphatic heterocycles. The van der Waals surface area contributed by atoms with E-state index in [0.29, 0.717) is 0 Å². The minimum atomic E-state index is 1.00. The van der Waals surface area contributed by atoms with Crippen LogP contribution < -0.4 is 0 Å². The van der Waals surface area contributed by atoms with Gasteiger partial charge in [0.1, 0.15) is 11.4 Å². The average molecular weight is 739 g/mol. The zero-order chi connectivity index (χ0) is 29.8. The fourth-order valence-corrected chi connectivity index (χ4v) is 9.10. The monoisotopic (exact) mass is 736 g/mol. The number of hydrogen-bond donors (Lipinski definition) is 0. The fourth-order valence-electron chi connectivity index (χ4n) is 5.78. The zero-order valence-electron chi connectivity index (χ0n) is 26.3. The number of aryl methyl sites for hydroxylation is 2. The maximum absolute atomic E-state index is 4.74. The van der Waals surface area contributed by atoms with Crippen LogP contribution in [0.3, 0.4) is 0 Å². The summed E-state index contributed by atoms with van der Waals surface area (Å²) in [7, 11) is 0. The van der Waals surface area contributed by atoms with E-state index in [9.17, 15) is 0 Å². The lowest BCUT2D eigenvalue weighted by atomic mass is 10.0. The van der Waals surface area contributed by atoms with Gasteiger partial charge < -0.3 is 0 Å². The highest BCUT2D eigenvalue weighted by Gasteiger charge is 2.15. The molecule has 3 rings (SSSR count). The van der Waals surface area contributed by atoms with Crippen molar-refractivity contribution in [1.29, 1.82) is 0 Å². The highest BCUT2D eigenvalue weighted by molar-refractivity contribution is 9.11. The first-order valence-electron chi connectivity index (χ1n) is 17.0. The Bertz CT molecular complexity index is 1020. The lowest BCUT2D eigenvalue weighted by molar-refractivity contribution is 0.556. The Morgan fingerprint density at radius 3 is 1.10 bits per heavy atom. The molecule has 2 nitrogen and oxygen atoms in total. The van der Waals surface area contributed by atoms with Crippen molar-refractivity contribution in [1.82, 2.24) is 10.2 Å². The van der Waals surface area contributed by atoms with Crippen LogP contribution in [0.1, 0.15) is 153 Å². The van der Waals surface area contributed by atoms with Crippen LogP contribution >= 0.6 is 54.5 Å². The highest BCUT2D eigenvalue weighted by Crippen LogP contribution is 2.38. The third-order valence-electron chi connectivity index (χ3n) is 8.29. The summed E-state index contributed by atoms with van der Waals surface area (Å²) in [5, 5.41) is 9.47. The van der Waals surface area contributed by atoms with Gasteiger partial charge in [0.2, 0.25) is 0 Å². The van der Waals surface area contributed by atoms with Gasteiger partial charge in [0.05, 0.1) is 17.3 Å². The topological polar surface area (TPSA) is 25.8 Å². The van der Waals surface area contributed by atoms with E-state index in [1.807, 2.05) is 0 Å². The highest BCUT2D eigenvalue weighted by atomic mass is 79.9. The average Bonchev–Trinajstić information content (AvgIpc) is 3.56. The molecule has 0 bridgehead atoms. The molecule has 234 valence electrons. The number of thiophene rings is 2. The molecule has 0 radical (unpaired) electrons. The molecule has 6 heteroatoms. The summed E-state index contributed by atoms with van der Waals surface area (Å²) in [5.74, 6) is 0. The summed E-state index contributed by atoms with van der Waals surface area (Å²) in [5.41, 5.74) is 4.83. The van der Waals surface area contributed by atoms with Crippen LogP contribution in [-0.2, 0) is 12.8 Å². The van der Waals surface area contributed by atoms with Crippen LogP contribution in [-0.4, -0.2) is 10.2 Å². The minimum Gasteiger partial charge on any atom is -0.149 e. The molecule has 0 aliphatic rings. The number of rotatable bonds is 24. The van der Waals surface area contributed by atoms with Crippen molar-refractivity contribution in [2.24, 2.45) is 0 Å².